The standard InChI is InChI=1S/C39H42O10/c1-4-21-6-10-29-28-18-32(46-19-45-22-7-9-25-27(16-22)37(44)49-35(25)42)31-17-23(11-13-39(31,3)30(28)12-14-38(21,29)2)47-33(40)20-5-8-24-26(15-20)36(43)48-34(24)41/h5,7-9,15-16,21,23,28-32H,4,6,10-14,17-19H2,1-3H3. The molecule has 4 fully saturated rings. The Morgan fingerprint density at radius 1 is 0.755 bits per heavy atom. The highest BCUT2D eigenvalue weighted by Gasteiger charge is 2.62. The van der Waals surface area contributed by atoms with Gasteiger partial charge in [0.1, 0.15) is 11.9 Å². The Morgan fingerprint density at radius 3 is 2.14 bits per heavy atom. The second-order valence-electron chi connectivity index (χ2n) is 15.5. The highest BCUT2D eigenvalue weighted by atomic mass is 16.7. The van der Waals surface area contributed by atoms with Crippen LogP contribution in [0, 0.1) is 40.4 Å². The van der Waals surface area contributed by atoms with Crippen molar-refractivity contribution in [1.29, 1.82) is 0 Å². The highest BCUT2D eigenvalue weighted by Crippen LogP contribution is 2.68. The van der Waals surface area contributed by atoms with Gasteiger partial charge in [-0.15, -0.1) is 0 Å². The van der Waals surface area contributed by atoms with Gasteiger partial charge in [0, 0.05) is 0 Å². The minimum Gasteiger partial charge on any atom is -0.468 e. The lowest BCUT2D eigenvalue weighted by Gasteiger charge is -2.62. The third kappa shape index (κ3) is 5.12. The van der Waals surface area contributed by atoms with Gasteiger partial charge in [0.25, 0.3) is 0 Å². The SMILES string of the molecule is CCC1CCC2C3CC(OCOc4ccc5c(c4)C(=O)OC5=O)C4CC(OC(=O)c5ccc6c(c5)C(=O)OC6=O)CCC4(C)C3CCC12C. The van der Waals surface area contributed by atoms with Crippen molar-refractivity contribution in [1.82, 2.24) is 0 Å². The first-order chi connectivity index (χ1) is 23.5. The minimum atomic E-state index is -0.758. The van der Waals surface area contributed by atoms with Crippen LogP contribution in [-0.2, 0) is 18.9 Å². The number of carbonyl (C=O) groups is 5. The number of benzene rings is 2. The summed E-state index contributed by atoms with van der Waals surface area (Å²) < 4.78 is 28.2. The number of hydrogen-bond acceptors (Lipinski definition) is 10. The highest BCUT2D eigenvalue weighted by molar-refractivity contribution is 6.16. The predicted molar refractivity (Wildman–Crippen MR) is 173 cm³/mol. The number of esters is 5. The fourth-order valence-electron chi connectivity index (χ4n) is 11.1. The Kier molecular flexibility index (Phi) is 7.74. The molecule has 9 atom stereocenters. The number of cyclic esters (lactones) is 4. The summed E-state index contributed by atoms with van der Waals surface area (Å²) in [4.78, 5) is 61.4. The van der Waals surface area contributed by atoms with E-state index in [1.807, 2.05) is 0 Å². The molecular formula is C39H42O10. The van der Waals surface area contributed by atoms with Gasteiger partial charge in [0.05, 0.1) is 33.9 Å². The Balaban J connectivity index is 1.02. The summed E-state index contributed by atoms with van der Waals surface area (Å²) in [5.41, 5.74) is 1.20. The summed E-state index contributed by atoms with van der Waals surface area (Å²) in [5.74, 6) is -0.300. The molecule has 49 heavy (non-hydrogen) atoms. The van der Waals surface area contributed by atoms with Crippen molar-refractivity contribution in [3.8, 4) is 5.75 Å². The van der Waals surface area contributed by atoms with Gasteiger partial charge < -0.3 is 23.7 Å². The molecule has 9 unspecified atom stereocenters. The quantitative estimate of drug-likeness (QED) is 0.132. The topological polar surface area (TPSA) is 132 Å². The van der Waals surface area contributed by atoms with Gasteiger partial charge >= 0.3 is 29.8 Å². The molecule has 0 saturated heterocycles. The number of rotatable bonds is 7. The molecule has 0 aromatic heterocycles. The molecule has 6 aliphatic rings. The zero-order valence-corrected chi connectivity index (χ0v) is 28.2. The molecule has 2 aromatic rings. The Labute approximate surface area is 285 Å². The normalized spacial score (nSPS) is 35.8. The molecule has 0 spiro atoms. The second kappa shape index (κ2) is 11.8. The molecule has 4 aliphatic carbocycles. The fourth-order valence-corrected chi connectivity index (χ4v) is 11.1. The molecule has 0 bridgehead atoms. The van der Waals surface area contributed by atoms with E-state index in [2.05, 4.69) is 25.5 Å². The average Bonchev–Trinajstić information content (AvgIpc) is 3.69. The number of hydrogen-bond donors (Lipinski definition) is 0. The first-order valence-electron chi connectivity index (χ1n) is 17.8. The summed E-state index contributed by atoms with van der Waals surface area (Å²) in [7, 11) is 0. The fraction of sp³-hybridized carbons (Fsp3) is 0.564. The van der Waals surface area contributed by atoms with E-state index in [1.165, 1.54) is 62.4 Å². The maximum Gasteiger partial charge on any atom is 0.347 e. The van der Waals surface area contributed by atoms with Gasteiger partial charge in [0.2, 0.25) is 0 Å². The van der Waals surface area contributed by atoms with Crippen molar-refractivity contribution in [2.75, 3.05) is 6.79 Å². The van der Waals surface area contributed by atoms with E-state index >= 15 is 0 Å². The minimum absolute atomic E-state index is 0.00248. The van der Waals surface area contributed by atoms with Crippen LogP contribution in [0.15, 0.2) is 36.4 Å². The van der Waals surface area contributed by atoms with Gasteiger partial charge in [-0.2, -0.15) is 0 Å². The van der Waals surface area contributed by atoms with E-state index in [0.717, 1.165) is 25.2 Å². The van der Waals surface area contributed by atoms with Crippen molar-refractivity contribution in [3.05, 3.63) is 64.2 Å². The van der Waals surface area contributed by atoms with Gasteiger partial charge in [-0.05, 0) is 128 Å². The van der Waals surface area contributed by atoms with E-state index in [1.54, 1.807) is 6.07 Å². The van der Waals surface area contributed by atoms with Gasteiger partial charge in [-0.25, -0.2) is 24.0 Å². The van der Waals surface area contributed by atoms with E-state index < -0.39 is 29.8 Å². The lowest BCUT2D eigenvalue weighted by Crippen LogP contribution is -2.59. The molecule has 4 saturated carbocycles. The third-order valence-electron chi connectivity index (χ3n) is 13.6. The molecule has 0 N–H and O–H groups in total. The second-order valence-corrected chi connectivity index (χ2v) is 15.5. The monoisotopic (exact) mass is 670 g/mol. The summed E-state index contributed by atoms with van der Waals surface area (Å²) in [5, 5.41) is 0. The molecule has 0 amide bonds. The van der Waals surface area contributed by atoms with Crippen LogP contribution < -0.4 is 4.74 Å². The van der Waals surface area contributed by atoms with Crippen LogP contribution in [0.1, 0.15) is 130 Å². The Bertz CT molecular complexity index is 1760. The molecule has 2 aliphatic heterocycles. The van der Waals surface area contributed by atoms with E-state index in [9.17, 15) is 24.0 Å². The van der Waals surface area contributed by atoms with Crippen LogP contribution >= 0.6 is 0 Å². The zero-order valence-electron chi connectivity index (χ0n) is 28.2. The van der Waals surface area contributed by atoms with Crippen LogP contribution in [0.4, 0.5) is 0 Å². The van der Waals surface area contributed by atoms with E-state index in [-0.39, 0.29) is 58.2 Å². The van der Waals surface area contributed by atoms with Crippen LogP contribution in [0.2, 0.25) is 0 Å². The van der Waals surface area contributed by atoms with Gasteiger partial charge in [-0.3, -0.25) is 0 Å². The van der Waals surface area contributed by atoms with E-state index in [0.29, 0.717) is 35.3 Å². The van der Waals surface area contributed by atoms with Crippen LogP contribution in [0.25, 0.3) is 0 Å². The molecular weight excluding hydrogens is 628 g/mol. The van der Waals surface area contributed by atoms with Crippen LogP contribution in [0.3, 0.4) is 0 Å². The van der Waals surface area contributed by atoms with Gasteiger partial charge in [0.15, 0.2) is 6.79 Å². The van der Waals surface area contributed by atoms with Gasteiger partial charge in [-0.1, -0.05) is 27.2 Å². The Hall–Kier alpha value is -4.05. The van der Waals surface area contributed by atoms with Crippen molar-refractivity contribution in [2.24, 2.45) is 40.4 Å². The maximum atomic E-state index is 13.4. The molecule has 10 heteroatoms. The predicted octanol–water partition coefficient (Wildman–Crippen LogP) is 6.93. The molecule has 8 rings (SSSR count). The van der Waals surface area contributed by atoms with E-state index in [4.69, 9.17) is 18.9 Å². The molecule has 2 heterocycles. The van der Waals surface area contributed by atoms with Crippen molar-refractivity contribution in [3.63, 3.8) is 0 Å². The molecule has 2 aromatic carbocycles. The summed E-state index contributed by atoms with van der Waals surface area (Å²) in [6, 6.07) is 9.02. The third-order valence-corrected chi connectivity index (χ3v) is 13.6. The summed E-state index contributed by atoms with van der Waals surface area (Å²) in [6.07, 6.45) is 8.94. The van der Waals surface area contributed by atoms with Crippen molar-refractivity contribution < 1.29 is 47.7 Å². The largest absolute Gasteiger partial charge is 0.468 e. The first kappa shape index (κ1) is 32.2. The lowest BCUT2D eigenvalue weighted by atomic mass is 9.44. The molecule has 0 radical (unpaired) electrons. The zero-order chi connectivity index (χ0) is 34.2. The number of ether oxygens (including phenoxy) is 5. The molecule has 10 nitrogen and oxygen atoms in total. The van der Waals surface area contributed by atoms with Crippen LogP contribution in [0.5, 0.6) is 5.75 Å². The van der Waals surface area contributed by atoms with Crippen LogP contribution in [-0.4, -0.2) is 48.8 Å². The van der Waals surface area contributed by atoms with Crippen molar-refractivity contribution >= 4 is 29.8 Å². The van der Waals surface area contributed by atoms with Crippen molar-refractivity contribution in [2.45, 2.75) is 90.8 Å². The number of carbonyl (C=O) groups excluding carboxylic acids is 5. The summed E-state index contributed by atoms with van der Waals surface area (Å²) in [6.45, 7) is 7.25. The first-order valence-corrected chi connectivity index (χ1v) is 17.8. The maximum absolute atomic E-state index is 13.4. The smallest absolute Gasteiger partial charge is 0.347 e. The average molecular weight is 671 g/mol. The lowest BCUT2D eigenvalue weighted by molar-refractivity contribution is -0.198. The molecule has 258 valence electrons. The summed E-state index contributed by atoms with van der Waals surface area (Å²) >= 11 is 0. The Morgan fingerprint density at radius 2 is 1.41 bits per heavy atom. The number of fused-ring (bicyclic) bond motifs is 7.